The summed E-state index contributed by atoms with van der Waals surface area (Å²) in [6.07, 6.45) is 0. The number of aromatic nitrogens is 4. The van der Waals surface area contributed by atoms with Gasteiger partial charge < -0.3 is 28.8 Å². The lowest BCUT2D eigenvalue weighted by molar-refractivity contribution is -0.306. The summed E-state index contributed by atoms with van der Waals surface area (Å²) in [5, 5.41) is 11.1. The molecule has 1 aromatic carbocycles. The zero-order valence-corrected chi connectivity index (χ0v) is 17.6. The summed E-state index contributed by atoms with van der Waals surface area (Å²) in [4.78, 5) is 43.2. The van der Waals surface area contributed by atoms with Crippen LogP contribution in [0.5, 0.6) is 11.5 Å². The van der Waals surface area contributed by atoms with Gasteiger partial charge in [0.15, 0.2) is 11.2 Å². The largest absolute Gasteiger partial charge is 0.548 e. The number of rotatable bonds is 5. The third-order valence-corrected chi connectivity index (χ3v) is 5.41. The topological polar surface area (TPSA) is 124 Å². The van der Waals surface area contributed by atoms with Gasteiger partial charge in [0.2, 0.25) is 5.95 Å². The first-order valence-corrected chi connectivity index (χ1v) is 9.66. The highest BCUT2D eigenvalue weighted by molar-refractivity contribution is 5.78. The van der Waals surface area contributed by atoms with E-state index in [1.807, 2.05) is 17.9 Å². The Morgan fingerprint density at radius 1 is 1.23 bits per heavy atom. The summed E-state index contributed by atoms with van der Waals surface area (Å²) >= 11 is 0. The molecule has 11 heteroatoms. The quantitative estimate of drug-likeness (QED) is 0.530. The number of ether oxygens (including phenoxy) is 2. The van der Waals surface area contributed by atoms with E-state index < -0.39 is 23.8 Å². The Balaban J connectivity index is 1.99. The molecule has 0 saturated heterocycles. The van der Waals surface area contributed by atoms with Gasteiger partial charge >= 0.3 is 5.69 Å². The zero-order valence-electron chi connectivity index (χ0n) is 17.6. The molecule has 0 amide bonds. The maximum Gasteiger partial charge on any atom is 0.332 e. The van der Waals surface area contributed by atoms with Crippen molar-refractivity contribution in [2.75, 3.05) is 25.7 Å². The Hall–Kier alpha value is -3.76. The average molecular weight is 428 g/mol. The fourth-order valence-corrected chi connectivity index (χ4v) is 3.98. The first-order chi connectivity index (χ1) is 14.8. The van der Waals surface area contributed by atoms with Crippen molar-refractivity contribution in [2.24, 2.45) is 13.0 Å². The van der Waals surface area contributed by atoms with E-state index in [-0.39, 0.29) is 17.1 Å². The molecule has 3 aromatic rings. The van der Waals surface area contributed by atoms with Crippen molar-refractivity contribution in [2.45, 2.75) is 20.0 Å². The molecule has 4 rings (SSSR count). The zero-order chi connectivity index (χ0) is 22.4. The lowest BCUT2D eigenvalue weighted by Gasteiger charge is -2.33. The Kier molecular flexibility index (Phi) is 4.96. The van der Waals surface area contributed by atoms with Crippen LogP contribution in [-0.2, 0) is 24.9 Å². The van der Waals surface area contributed by atoms with Gasteiger partial charge in [-0.3, -0.25) is 13.9 Å². The Bertz CT molecular complexity index is 1300. The van der Waals surface area contributed by atoms with Crippen LogP contribution in [-0.4, -0.2) is 45.4 Å². The first kappa shape index (κ1) is 20.5. The molecule has 0 N–H and O–H groups in total. The monoisotopic (exact) mass is 428 g/mol. The molecule has 0 bridgehead atoms. The van der Waals surface area contributed by atoms with E-state index in [1.54, 1.807) is 30.9 Å². The predicted octanol–water partition coefficient (Wildman–Crippen LogP) is -0.548. The van der Waals surface area contributed by atoms with E-state index in [4.69, 9.17) is 9.47 Å². The van der Waals surface area contributed by atoms with Crippen molar-refractivity contribution < 1.29 is 19.4 Å². The summed E-state index contributed by atoms with van der Waals surface area (Å²) in [5.74, 6) is 0.273. The van der Waals surface area contributed by atoms with Gasteiger partial charge in [-0.05, 0) is 18.1 Å². The van der Waals surface area contributed by atoms with E-state index in [0.29, 0.717) is 35.1 Å². The maximum absolute atomic E-state index is 13.1. The number of benzene rings is 1. The number of fused-ring (bicyclic) bond motifs is 3. The predicted molar refractivity (Wildman–Crippen MR) is 110 cm³/mol. The molecule has 1 aliphatic rings. The summed E-state index contributed by atoms with van der Waals surface area (Å²) < 4.78 is 14.4. The lowest BCUT2D eigenvalue weighted by atomic mass is 10.1. The number of hydrogen-bond donors (Lipinski definition) is 0. The van der Waals surface area contributed by atoms with Gasteiger partial charge in [0.1, 0.15) is 11.5 Å². The van der Waals surface area contributed by atoms with Crippen molar-refractivity contribution in [3.8, 4) is 11.5 Å². The number of hydrogen-bond acceptors (Lipinski definition) is 8. The smallest absolute Gasteiger partial charge is 0.332 e. The summed E-state index contributed by atoms with van der Waals surface area (Å²) in [7, 11) is 4.57. The van der Waals surface area contributed by atoms with E-state index in [0.717, 1.165) is 5.69 Å². The highest BCUT2D eigenvalue weighted by atomic mass is 16.5. The molecule has 2 aromatic heterocycles. The lowest BCUT2D eigenvalue weighted by Crippen LogP contribution is -2.44. The molecule has 0 fully saturated rings. The molecule has 1 aliphatic heterocycles. The molecule has 1 atom stereocenters. The molecule has 31 heavy (non-hydrogen) atoms. The van der Waals surface area contributed by atoms with Crippen LogP contribution < -0.4 is 30.7 Å². The molecular formula is C20H22N5O6-. The number of aryl methyl sites for hydroxylation is 1. The molecule has 11 nitrogen and oxygen atoms in total. The minimum Gasteiger partial charge on any atom is -0.548 e. The number of imidazole rings is 1. The molecule has 0 radical (unpaired) electrons. The third kappa shape index (κ3) is 3.22. The Morgan fingerprint density at radius 3 is 2.61 bits per heavy atom. The number of methoxy groups -OCH3 is 2. The van der Waals surface area contributed by atoms with Crippen LogP contribution >= 0.6 is 0 Å². The molecule has 0 saturated carbocycles. The van der Waals surface area contributed by atoms with Gasteiger partial charge in [0, 0.05) is 26.2 Å². The molecule has 164 valence electrons. The number of carbonyl (C=O) groups excluding carboxylic acids is 1. The normalized spacial score (nSPS) is 15.7. The number of carbonyl (C=O) groups is 1. The van der Waals surface area contributed by atoms with E-state index in [1.165, 1.54) is 11.6 Å². The number of nitrogens with zero attached hydrogens (tertiary/aromatic N) is 5. The van der Waals surface area contributed by atoms with Gasteiger partial charge in [-0.1, -0.05) is 6.92 Å². The number of anilines is 2. The summed E-state index contributed by atoms with van der Waals surface area (Å²) in [6.45, 7) is 2.29. The Morgan fingerprint density at radius 2 is 1.97 bits per heavy atom. The second kappa shape index (κ2) is 7.49. The number of aliphatic carboxylic acids is 1. The minimum absolute atomic E-state index is 0.128. The van der Waals surface area contributed by atoms with Crippen molar-refractivity contribution in [1.29, 1.82) is 0 Å². The Labute approximate surface area is 176 Å². The first-order valence-electron chi connectivity index (χ1n) is 9.66. The van der Waals surface area contributed by atoms with Gasteiger partial charge in [-0.2, -0.15) is 4.98 Å². The van der Waals surface area contributed by atoms with Gasteiger partial charge in [0.05, 0.1) is 32.4 Å². The second-order valence-electron chi connectivity index (χ2n) is 7.55. The maximum atomic E-state index is 13.1. The number of carboxylic acids is 1. The van der Waals surface area contributed by atoms with Crippen LogP contribution in [0.25, 0.3) is 11.2 Å². The van der Waals surface area contributed by atoms with E-state index in [2.05, 4.69) is 4.98 Å². The van der Waals surface area contributed by atoms with Crippen LogP contribution in [0.3, 0.4) is 0 Å². The molecule has 0 spiro atoms. The van der Waals surface area contributed by atoms with Crippen LogP contribution in [0.1, 0.15) is 6.92 Å². The van der Waals surface area contributed by atoms with E-state index >= 15 is 0 Å². The van der Waals surface area contributed by atoms with Crippen molar-refractivity contribution in [3.63, 3.8) is 0 Å². The standard InChI is InChI=1S/C20H23N5O6/c1-11-8-23(13-6-5-12(30-3)7-14(13)31-4)19-21-17-16(24(19)9-11)18(28)25(10-15(26)27)20(29)22(17)2/h5-7,11H,8-10H2,1-4H3,(H,26,27)/p-1. The number of carboxylic acid groups (broad SMARTS) is 1. The van der Waals surface area contributed by atoms with Crippen molar-refractivity contribution in [3.05, 3.63) is 39.0 Å². The average Bonchev–Trinajstić information content (AvgIpc) is 3.13. The van der Waals surface area contributed by atoms with Crippen LogP contribution in [0.15, 0.2) is 27.8 Å². The fourth-order valence-electron chi connectivity index (χ4n) is 3.98. The second-order valence-corrected chi connectivity index (χ2v) is 7.55. The van der Waals surface area contributed by atoms with Gasteiger partial charge in [-0.15, -0.1) is 0 Å². The van der Waals surface area contributed by atoms with Gasteiger partial charge in [0.25, 0.3) is 5.56 Å². The van der Waals surface area contributed by atoms with Crippen LogP contribution in [0, 0.1) is 5.92 Å². The fraction of sp³-hybridized carbons (Fsp3) is 0.400. The third-order valence-electron chi connectivity index (χ3n) is 5.41. The van der Waals surface area contributed by atoms with Crippen LogP contribution in [0.2, 0.25) is 0 Å². The highest BCUT2D eigenvalue weighted by Crippen LogP contribution is 2.39. The highest BCUT2D eigenvalue weighted by Gasteiger charge is 2.31. The van der Waals surface area contributed by atoms with Crippen LogP contribution in [0.4, 0.5) is 11.6 Å². The van der Waals surface area contributed by atoms with Crippen molar-refractivity contribution in [1.82, 2.24) is 18.7 Å². The minimum atomic E-state index is -1.52. The van der Waals surface area contributed by atoms with Crippen molar-refractivity contribution >= 4 is 28.8 Å². The molecule has 3 heterocycles. The molecule has 0 aliphatic carbocycles. The molecular weight excluding hydrogens is 406 g/mol. The summed E-state index contributed by atoms with van der Waals surface area (Å²) in [5.41, 5.74) is -0.393. The summed E-state index contributed by atoms with van der Waals surface area (Å²) in [6, 6.07) is 5.39. The van der Waals surface area contributed by atoms with E-state index in [9.17, 15) is 19.5 Å². The molecule has 1 unspecified atom stereocenters. The van der Waals surface area contributed by atoms with Gasteiger partial charge in [-0.25, -0.2) is 4.79 Å². The SMILES string of the molecule is COc1ccc(N2CC(C)Cn3c2nc2c3c(=O)n(CC(=O)[O-])c(=O)n2C)c(OC)c1.